The van der Waals surface area contributed by atoms with Crippen molar-refractivity contribution >= 4 is 17.5 Å². The molecule has 0 spiro atoms. The molecule has 3 aromatic rings. The zero-order valence-corrected chi connectivity index (χ0v) is 15.3. The van der Waals surface area contributed by atoms with Gasteiger partial charge < -0.3 is 4.57 Å². The molecule has 1 aromatic heterocycles. The van der Waals surface area contributed by atoms with Crippen LogP contribution in [0.3, 0.4) is 0 Å². The van der Waals surface area contributed by atoms with Crippen molar-refractivity contribution in [1.29, 1.82) is 0 Å². The molecule has 26 heavy (non-hydrogen) atoms. The Kier molecular flexibility index (Phi) is 5.18. The van der Waals surface area contributed by atoms with E-state index in [9.17, 15) is 13.6 Å². The molecular weight excluding hydrogens is 356 g/mol. The number of aryl methyl sites for hydroxylation is 1. The monoisotopic (exact) mass is 373 g/mol. The number of Topliss-reactive ketones (excluding diaryl/α,β-unsaturated/α-hetero) is 1. The molecule has 134 valence electrons. The Bertz CT molecular complexity index is 971. The highest BCUT2D eigenvalue weighted by molar-refractivity contribution is 8.00. The SMILES string of the molecule is Cc1ccccc1-c1nnc(SC(C)C(=O)c2ccc(F)c(F)c2)n1C. The van der Waals surface area contributed by atoms with Crippen LogP contribution in [-0.4, -0.2) is 25.8 Å². The van der Waals surface area contributed by atoms with Gasteiger partial charge in [0.1, 0.15) is 0 Å². The first-order valence-corrected chi connectivity index (χ1v) is 8.87. The summed E-state index contributed by atoms with van der Waals surface area (Å²) in [7, 11) is 1.83. The molecule has 4 nitrogen and oxygen atoms in total. The standard InChI is InChI=1S/C19H17F2N3OS/c1-11-6-4-5-7-14(11)18-22-23-19(24(18)3)26-12(2)17(25)13-8-9-15(20)16(21)10-13/h4-10,12H,1-3H3. The normalized spacial score (nSPS) is 12.2. The van der Waals surface area contributed by atoms with Crippen molar-refractivity contribution in [2.24, 2.45) is 7.05 Å². The molecule has 2 aromatic carbocycles. The summed E-state index contributed by atoms with van der Waals surface area (Å²) in [5.41, 5.74) is 2.17. The van der Waals surface area contributed by atoms with E-state index in [1.165, 1.54) is 17.8 Å². The highest BCUT2D eigenvalue weighted by atomic mass is 32.2. The quantitative estimate of drug-likeness (QED) is 0.490. The van der Waals surface area contributed by atoms with Crippen LogP contribution in [-0.2, 0) is 7.05 Å². The van der Waals surface area contributed by atoms with Crippen LogP contribution >= 0.6 is 11.8 Å². The maximum atomic E-state index is 13.4. The number of halogens is 2. The van der Waals surface area contributed by atoms with Gasteiger partial charge in [0, 0.05) is 18.2 Å². The smallest absolute Gasteiger partial charge is 0.191 e. The van der Waals surface area contributed by atoms with Gasteiger partial charge in [0.15, 0.2) is 28.4 Å². The Labute approximate surface area is 154 Å². The van der Waals surface area contributed by atoms with Crippen molar-refractivity contribution in [3.63, 3.8) is 0 Å². The molecule has 1 atom stereocenters. The molecular formula is C19H17F2N3OS. The molecule has 0 aliphatic carbocycles. The minimum atomic E-state index is -1.03. The number of aromatic nitrogens is 3. The van der Waals surface area contributed by atoms with Crippen LogP contribution in [0.2, 0.25) is 0 Å². The van der Waals surface area contributed by atoms with Gasteiger partial charge in [0.2, 0.25) is 0 Å². The molecule has 0 radical (unpaired) electrons. The number of ketones is 1. The Morgan fingerprint density at radius 2 is 1.85 bits per heavy atom. The first-order chi connectivity index (χ1) is 12.4. The van der Waals surface area contributed by atoms with Gasteiger partial charge in [-0.3, -0.25) is 4.79 Å². The second-order valence-corrected chi connectivity index (χ2v) is 7.24. The van der Waals surface area contributed by atoms with Crippen LogP contribution in [0.1, 0.15) is 22.8 Å². The van der Waals surface area contributed by atoms with E-state index >= 15 is 0 Å². The number of rotatable bonds is 5. The Balaban J connectivity index is 1.82. The molecule has 0 N–H and O–H groups in total. The molecule has 0 aliphatic rings. The average Bonchev–Trinajstić information content (AvgIpc) is 2.97. The zero-order chi connectivity index (χ0) is 18.8. The first-order valence-electron chi connectivity index (χ1n) is 7.99. The lowest BCUT2D eigenvalue weighted by molar-refractivity contribution is 0.0993. The fourth-order valence-corrected chi connectivity index (χ4v) is 3.46. The van der Waals surface area contributed by atoms with E-state index in [2.05, 4.69) is 10.2 Å². The van der Waals surface area contributed by atoms with E-state index in [0.717, 1.165) is 23.3 Å². The van der Waals surface area contributed by atoms with Gasteiger partial charge in [-0.1, -0.05) is 36.0 Å². The van der Waals surface area contributed by atoms with Crippen LogP contribution in [0, 0.1) is 18.6 Å². The molecule has 0 saturated carbocycles. The lowest BCUT2D eigenvalue weighted by atomic mass is 10.1. The second kappa shape index (κ2) is 7.37. The fourth-order valence-electron chi connectivity index (χ4n) is 2.57. The van der Waals surface area contributed by atoms with Gasteiger partial charge >= 0.3 is 0 Å². The van der Waals surface area contributed by atoms with Crippen molar-refractivity contribution in [2.45, 2.75) is 24.3 Å². The van der Waals surface area contributed by atoms with E-state index in [1.807, 2.05) is 42.8 Å². The van der Waals surface area contributed by atoms with Crippen molar-refractivity contribution in [1.82, 2.24) is 14.8 Å². The van der Waals surface area contributed by atoms with Gasteiger partial charge in [-0.2, -0.15) is 0 Å². The molecule has 7 heteroatoms. The Morgan fingerprint density at radius 1 is 1.12 bits per heavy atom. The highest BCUT2D eigenvalue weighted by Gasteiger charge is 2.21. The Hall–Kier alpha value is -2.54. The van der Waals surface area contributed by atoms with Crippen LogP contribution < -0.4 is 0 Å². The van der Waals surface area contributed by atoms with Crippen molar-refractivity contribution < 1.29 is 13.6 Å². The molecule has 3 rings (SSSR count). The predicted molar refractivity (Wildman–Crippen MR) is 97.2 cm³/mol. The summed E-state index contributed by atoms with van der Waals surface area (Å²) in [5.74, 6) is -1.60. The van der Waals surface area contributed by atoms with Gasteiger partial charge in [0.25, 0.3) is 0 Å². The third-order valence-corrected chi connectivity index (χ3v) is 5.21. The third kappa shape index (κ3) is 3.53. The largest absolute Gasteiger partial charge is 0.305 e. The summed E-state index contributed by atoms with van der Waals surface area (Å²) in [6.07, 6.45) is 0. The molecule has 0 saturated heterocycles. The van der Waals surface area contributed by atoms with Gasteiger partial charge in [-0.25, -0.2) is 8.78 Å². The second-order valence-electron chi connectivity index (χ2n) is 5.93. The number of carbonyl (C=O) groups is 1. The number of carbonyl (C=O) groups excluding carboxylic acids is 1. The summed E-state index contributed by atoms with van der Waals surface area (Å²) in [4.78, 5) is 12.5. The van der Waals surface area contributed by atoms with Crippen LogP contribution in [0.4, 0.5) is 8.78 Å². The van der Waals surface area contributed by atoms with E-state index in [1.54, 1.807) is 6.92 Å². The van der Waals surface area contributed by atoms with Crippen molar-refractivity contribution in [2.75, 3.05) is 0 Å². The number of benzene rings is 2. The lowest BCUT2D eigenvalue weighted by Crippen LogP contribution is -2.15. The summed E-state index contributed by atoms with van der Waals surface area (Å²) < 4.78 is 28.2. The summed E-state index contributed by atoms with van der Waals surface area (Å²) >= 11 is 1.23. The number of hydrogen-bond acceptors (Lipinski definition) is 4. The highest BCUT2D eigenvalue weighted by Crippen LogP contribution is 2.28. The fraction of sp³-hybridized carbons (Fsp3) is 0.211. The third-order valence-electron chi connectivity index (χ3n) is 4.08. The predicted octanol–water partition coefficient (Wildman–Crippen LogP) is 4.43. The summed E-state index contributed by atoms with van der Waals surface area (Å²) in [6, 6.07) is 11.0. The zero-order valence-electron chi connectivity index (χ0n) is 14.5. The van der Waals surface area contributed by atoms with Crippen LogP contribution in [0.25, 0.3) is 11.4 Å². The van der Waals surface area contributed by atoms with Gasteiger partial charge in [-0.15, -0.1) is 10.2 Å². The molecule has 0 fully saturated rings. The molecule has 0 amide bonds. The van der Waals surface area contributed by atoms with E-state index in [0.29, 0.717) is 11.0 Å². The van der Waals surface area contributed by atoms with E-state index < -0.39 is 16.9 Å². The maximum Gasteiger partial charge on any atom is 0.191 e. The van der Waals surface area contributed by atoms with E-state index in [-0.39, 0.29) is 11.3 Å². The van der Waals surface area contributed by atoms with E-state index in [4.69, 9.17) is 0 Å². The minimum Gasteiger partial charge on any atom is -0.305 e. The summed E-state index contributed by atoms with van der Waals surface area (Å²) in [6.45, 7) is 3.70. The Morgan fingerprint density at radius 3 is 2.54 bits per heavy atom. The summed E-state index contributed by atoms with van der Waals surface area (Å²) in [5, 5.41) is 8.45. The average molecular weight is 373 g/mol. The number of nitrogens with zero attached hydrogens (tertiary/aromatic N) is 3. The first kappa shape index (κ1) is 18.3. The molecule has 0 bridgehead atoms. The number of thioether (sulfide) groups is 1. The lowest BCUT2D eigenvalue weighted by Gasteiger charge is -2.11. The maximum absolute atomic E-state index is 13.4. The van der Waals surface area contributed by atoms with Crippen LogP contribution in [0.15, 0.2) is 47.6 Å². The van der Waals surface area contributed by atoms with Crippen LogP contribution in [0.5, 0.6) is 0 Å². The topological polar surface area (TPSA) is 47.8 Å². The van der Waals surface area contributed by atoms with Gasteiger partial charge in [-0.05, 0) is 37.6 Å². The van der Waals surface area contributed by atoms with Crippen molar-refractivity contribution in [3.05, 3.63) is 65.2 Å². The molecule has 0 aliphatic heterocycles. The minimum absolute atomic E-state index is 0.130. The molecule has 1 unspecified atom stereocenters. The molecule has 1 heterocycles. The number of hydrogen-bond donors (Lipinski definition) is 0. The van der Waals surface area contributed by atoms with Gasteiger partial charge in [0.05, 0.1) is 5.25 Å². The van der Waals surface area contributed by atoms with Crippen molar-refractivity contribution in [3.8, 4) is 11.4 Å².